The van der Waals surface area contributed by atoms with Crippen molar-refractivity contribution in [1.29, 1.82) is 0 Å². The summed E-state index contributed by atoms with van der Waals surface area (Å²) in [7, 11) is 0. The van der Waals surface area contributed by atoms with Crippen molar-refractivity contribution in [3.8, 4) is 0 Å². The van der Waals surface area contributed by atoms with Crippen molar-refractivity contribution in [3.05, 3.63) is 36.0 Å². The van der Waals surface area contributed by atoms with Crippen LogP contribution in [0.15, 0.2) is 36.0 Å². The van der Waals surface area contributed by atoms with Crippen LogP contribution in [-0.2, 0) is 19.1 Å². The van der Waals surface area contributed by atoms with Crippen molar-refractivity contribution < 1.29 is 24.2 Å². The van der Waals surface area contributed by atoms with Crippen molar-refractivity contribution in [1.82, 2.24) is 4.90 Å². The van der Waals surface area contributed by atoms with E-state index in [-0.39, 0.29) is 29.4 Å². The van der Waals surface area contributed by atoms with Gasteiger partial charge in [0.25, 0.3) is 11.8 Å². The third-order valence-electron chi connectivity index (χ3n) is 3.91. The molecule has 0 bridgehead atoms. The van der Waals surface area contributed by atoms with Gasteiger partial charge in [-0.05, 0) is 26.2 Å². The number of carboxylic acids is 1. The SMILES string of the molecule is C=C(C)C(=O)N(COCC(C)C)C(=O)C(C)=CC(CCCC)C(=C)C(=O)O. The van der Waals surface area contributed by atoms with Gasteiger partial charge in [0.05, 0.1) is 6.61 Å². The van der Waals surface area contributed by atoms with Crippen LogP contribution in [0.5, 0.6) is 0 Å². The highest BCUT2D eigenvalue weighted by Crippen LogP contribution is 2.21. The summed E-state index contributed by atoms with van der Waals surface area (Å²) < 4.78 is 5.46. The molecule has 0 fully saturated rings. The maximum atomic E-state index is 12.8. The average molecular weight is 379 g/mol. The first-order valence-electron chi connectivity index (χ1n) is 9.22. The Balaban J connectivity index is 5.52. The first kappa shape index (κ1) is 24.8. The number of rotatable bonds is 12. The molecule has 0 rings (SSSR count). The van der Waals surface area contributed by atoms with Crippen LogP contribution in [0.25, 0.3) is 0 Å². The van der Waals surface area contributed by atoms with Crippen LogP contribution < -0.4 is 0 Å². The number of unbranched alkanes of at least 4 members (excludes halogenated alkanes) is 1. The quantitative estimate of drug-likeness (QED) is 0.410. The van der Waals surface area contributed by atoms with Crippen molar-refractivity contribution in [2.45, 2.75) is 53.9 Å². The summed E-state index contributed by atoms with van der Waals surface area (Å²) in [4.78, 5) is 37.4. The third-order valence-corrected chi connectivity index (χ3v) is 3.91. The molecule has 0 saturated heterocycles. The summed E-state index contributed by atoms with van der Waals surface area (Å²) in [6.45, 7) is 16.5. The van der Waals surface area contributed by atoms with Gasteiger partial charge in [0, 0.05) is 22.6 Å². The zero-order chi connectivity index (χ0) is 21.1. The minimum Gasteiger partial charge on any atom is -0.478 e. The summed E-state index contributed by atoms with van der Waals surface area (Å²) >= 11 is 0. The van der Waals surface area contributed by atoms with Crippen LogP contribution in [0.2, 0.25) is 0 Å². The van der Waals surface area contributed by atoms with Gasteiger partial charge in [0.2, 0.25) is 0 Å². The lowest BCUT2D eigenvalue weighted by Crippen LogP contribution is -2.40. The van der Waals surface area contributed by atoms with E-state index in [0.29, 0.717) is 13.0 Å². The fourth-order valence-corrected chi connectivity index (χ4v) is 2.35. The molecule has 1 N–H and O–H groups in total. The lowest BCUT2D eigenvalue weighted by Gasteiger charge is -2.22. The number of nitrogens with zero attached hydrogens (tertiary/aromatic N) is 1. The maximum absolute atomic E-state index is 12.8. The van der Waals surface area contributed by atoms with E-state index in [9.17, 15) is 19.5 Å². The fraction of sp³-hybridized carbons (Fsp3) is 0.571. The smallest absolute Gasteiger partial charge is 0.331 e. The molecule has 0 aromatic rings. The molecule has 0 aliphatic heterocycles. The first-order valence-corrected chi connectivity index (χ1v) is 9.22. The van der Waals surface area contributed by atoms with Gasteiger partial charge >= 0.3 is 5.97 Å². The molecule has 0 aromatic heterocycles. The highest BCUT2D eigenvalue weighted by Gasteiger charge is 2.25. The number of carbonyl (C=O) groups excluding carboxylic acids is 2. The van der Waals surface area contributed by atoms with E-state index in [4.69, 9.17) is 4.74 Å². The molecule has 6 heteroatoms. The Kier molecular flexibility index (Phi) is 11.2. The molecule has 2 amide bonds. The van der Waals surface area contributed by atoms with Gasteiger partial charge in [0.1, 0.15) is 6.73 Å². The molecule has 0 radical (unpaired) electrons. The molecule has 0 aromatic carbocycles. The van der Waals surface area contributed by atoms with E-state index in [1.807, 2.05) is 20.8 Å². The fourth-order valence-electron chi connectivity index (χ4n) is 2.35. The number of hydrogen-bond donors (Lipinski definition) is 1. The number of imide groups is 1. The summed E-state index contributed by atoms with van der Waals surface area (Å²) in [5.41, 5.74) is 0.535. The van der Waals surface area contributed by atoms with Crippen molar-refractivity contribution in [2.75, 3.05) is 13.3 Å². The van der Waals surface area contributed by atoms with Crippen LogP contribution in [0.4, 0.5) is 0 Å². The highest BCUT2D eigenvalue weighted by molar-refractivity contribution is 6.09. The third kappa shape index (κ3) is 8.82. The van der Waals surface area contributed by atoms with Crippen LogP contribution in [0.1, 0.15) is 53.9 Å². The lowest BCUT2D eigenvalue weighted by molar-refractivity contribution is -0.146. The van der Waals surface area contributed by atoms with Gasteiger partial charge in [-0.15, -0.1) is 0 Å². The van der Waals surface area contributed by atoms with Gasteiger partial charge in [-0.3, -0.25) is 14.5 Å². The predicted octanol–water partition coefficient (Wildman–Crippen LogP) is 3.94. The molecule has 0 aliphatic carbocycles. The van der Waals surface area contributed by atoms with Gasteiger partial charge in [-0.25, -0.2) is 4.79 Å². The largest absolute Gasteiger partial charge is 0.478 e. The maximum Gasteiger partial charge on any atom is 0.331 e. The Hall–Kier alpha value is -2.21. The minimum absolute atomic E-state index is 0.0319. The summed E-state index contributed by atoms with van der Waals surface area (Å²) in [6.07, 6.45) is 3.86. The Bertz CT molecular complexity index is 604. The molecule has 27 heavy (non-hydrogen) atoms. The van der Waals surface area contributed by atoms with Crippen molar-refractivity contribution >= 4 is 17.8 Å². The standard InChI is InChI=1S/C21H33NO5/c1-8-9-10-18(17(7)21(25)26)11-16(6)20(24)22(19(23)15(4)5)13-27-12-14(2)3/h11,14,18H,4,7-10,12-13H2,1-3,5-6H3,(H,25,26). The molecule has 6 nitrogen and oxygen atoms in total. The predicted molar refractivity (Wildman–Crippen MR) is 106 cm³/mol. The first-order chi connectivity index (χ1) is 12.5. The molecule has 0 saturated carbocycles. The van der Waals surface area contributed by atoms with E-state index in [1.165, 1.54) is 6.92 Å². The number of aliphatic carboxylic acids is 1. The molecular formula is C21H33NO5. The molecule has 0 heterocycles. The van der Waals surface area contributed by atoms with Crippen molar-refractivity contribution in [3.63, 3.8) is 0 Å². The van der Waals surface area contributed by atoms with Crippen molar-refractivity contribution in [2.24, 2.45) is 11.8 Å². The zero-order valence-electron chi connectivity index (χ0n) is 17.2. The molecular weight excluding hydrogens is 346 g/mol. The number of amides is 2. The molecule has 152 valence electrons. The number of carboxylic acid groups (broad SMARTS) is 1. The highest BCUT2D eigenvalue weighted by atomic mass is 16.5. The molecule has 1 atom stereocenters. The monoisotopic (exact) mass is 379 g/mol. The average Bonchev–Trinajstić information content (AvgIpc) is 2.59. The van der Waals surface area contributed by atoms with E-state index in [2.05, 4.69) is 13.2 Å². The second kappa shape index (κ2) is 12.2. The topological polar surface area (TPSA) is 83.9 Å². The number of carbonyl (C=O) groups is 3. The normalized spacial score (nSPS) is 12.6. The van der Waals surface area contributed by atoms with E-state index < -0.39 is 23.7 Å². The van der Waals surface area contributed by atoms with Crippen LogP contribution >= 0.6 is 0 Å². The Morgan fingerprint density at radius 1 is 1.15 bits per heavy atom. The van der Waals surface area contributed by atoms with Crippen LogP contribution in [0, 0.1) is 11.8 Å². The summed E-state index contributed by atoms with van der Waals surface area (Å²) in [5.74, 6) is -2.34. The van der Waals surface area contributed by atoms with Gasteiger partial charge in [-0.1, -0.05) is 52.8 Å². The zero-order valence-corrected chi connectivity index (χ0v) is 17.2. The van der Waals surface area contributed by atoms with Gasteiger partial charge < -0.3 is 9.84 Å². The summed E-state index contributed by atoms with van der Waals surface area (Å²) in [6, 6.07) is 0. The van der Waals surface area contributed by atoms with Gasteiger partial charge in [-0.2, -0.15) is 0 Å². The molecule has 0 spiro atoms. The summed E-state index contributed by atoms with van der Waals surface area (Å²) in [5, 5.41) is 9.23. The number of hydrogen-bond acceptors (Lipinski definition) is 4. The van der Waals surface area contributed by atoms with Crippen LogP contribution in [0.3, 0.4) is 0 Å². The van der Waals surface area contributed by atoms with E-state index >= 15 is 0 Å². The minimum atomic E-state index is -1.09. The lowest BCUT2D eigenvalue weighted by atomic mass is 9.92. The Morgan fingerprint density at radius 2 is 1.74 bits per heavy atom. The van der Waals surface area contributed by atoms with E-state index in [0.717, 1.165) is 17.7 Å². The Morgan fingerprint density at radius 3 is 2.19 bits per heavy atom. The molecule has 1 unspecified atom stereocenters. The Labute approximate surface area is 162 Å². The van der Waals surface area contributed by atoms with Crippen LogP contribution in [-0.4, -0.2) is 41.1 Å². The molecule has 0 aliphatic rings. The second-order valence-electron chi connectivity index (χ2n) is 7.14. The number of ether oxygens (including phenoxy) is 1. The second-order valence-corrected chi connectivity index (χ2v) is 7.14. The van der Waals surface area contributed by atoms with E-state index in [1.54, 1.807) is 13.0 Å². The number of allylic oxidation sites excluding steroid dienone is 1. The van der Waals surface area contributed by atoms with Gasteiger partial charge in [0.15, 0.2) is 0 Å².